The lowest BCUT2D eigenvalue weighted by atomic mass is 9.98. The van der Waals surface area contributed by atoms with Crippen molar-refractivity contribution in [2.45, 2.75) is 39.7 Å². The Morgan fingerprint density at radius 2 is 2.00 bits per heavy atom. The van der Waals surface area contributed by atoms with Gasteiger partial charge in [-0.15, -0.1) is 0 Å². The van der Waals surface area contributed by atoms with Crippen LogP contribution in [-0.2, 0) is 20.9 Å². The summed E-state index contributed by atoms with van der Waals surface area (Å²) in [5.41, 5.74) is 3.44. The zero-order chi connectivity index (χ0) is 14.4. The number of carbonyl (C=O) groups excluding carboxylic acids is 2. The summed E-state index contributed by atoms with van der Waals surface area (Å²) in [6, 6.07) is 6.25. The molecular formula is C15H21NO3. The molecule has 0 aliphatic carbocycles. The standard InChI is InChI=1S/C15H21NO3/c1-10(2)12-6-5-11(3)13(7-12)9-16-14(17)8-15(18)19-4/h5-7,10H,8-9H2,1-4H3,(H,16,17). The smallest absolute Gasteiger partial charge is 0.315 e. The van der Waals surface area contributed by atoms with Crippen LogP contribution in [0, 0.1) is 6.92 Å². The molecule has 1 aromatic carbocycles. The summed E-state index contributed by atoms with van der Waals surface area (Å²) >= 11 is 0. The summed E-state index contributed by atoms with van der Waals surface area (Å²) in [6.07, 6.45) is -0.237. The normalized spacial score (nSPS) is 10.4. The third-order valence-electron chi connectivity index (χ3n) is 3.05. The molecule has 0 fully saturated rings. The predicted molar refractivity (Wildman–Crippen MR) is 73.7 cm³/mol. The number of ether oxygens (including phenoxy) is 1. The third-order valence-corrected chi connectivity index (χ3v) is 3.05. The van der Waals surface area contributed by atoms with Gasteiger partial charge in [0.05, 0.1) is 7.11 Å². The number of benzene rings is 1. The molecule has 0 saturated heterocycles. The van der Waals surface area contributed by atoms with Gasteiger partial charge in [0.15, 0.2) is 0 Å². The second-order valence-corrected chi connectivity index (χ2v) is 4.87. The van der Waals surface area contributed by atoms with E-state index in [0.717, 1.165) is 11.1 Å². The topological polar surface area (TPSA) is 55.4 Å². The van der Waals surface area contributed by atoms with Gasteiger partial charge in [-0.3, -0.25) is 9.59 Å². The fourth-order valence-electron chi connectivity index (χ4n) is 1.70. The minimum atomic E-state index is -0.523. The van der Waals surface area contributed by atoms with Crippen molar-refractivity contribution in [3.63, 3.8) is 0 Å². The van der Waals surface area contributed by atoms with Crippen LogP contribution in [0.25, 0.3) is 0 Å². The van der Waals surface area contributed by atoms with Crippen LogP contribution in [0.4, 0.5) is 0 Å². The highest BCUT2D eigenvalue weighted by molar-refractivity contribution is 5.94. The van der Waals surface area contributed by atoms with Gasteiger partial charge in [-0.1, -0.05) is 32.0 Å². The van der Waals surface area contributed by atoms with Gasteiger partial charge in [0.25, 0.3) is 0 Å². The largest absolute Gasteiger partial charge is 0.469 e. The highest BCUT2D eigenvalue weighted by atomic mass is 16.5. The number of nitrogens with one attached hydrogen (secondary N) is 1. The highest BCUT2D eigenvalue weighted by Gasteiger charge is 2.10. The van der Waals surface area contributed by atoms with E-state index in [2.05, 4.69) is 42.1 Å². The Bertz CT molecular complexity index is 466. The Hall–Kier alpha value is -1.84. The monoisotopic (exact) mass is 263 g/mol. The van der Waals surface area contributed by atoms with E-state index in [9.17, 15) is 9.59 Å². The molecule has 19 heavy (non-hydrogen) atoms. The number of hydrogen-bond donors (Lipinski definition) is 1. The summed E-state index contributed by atoms with van der Waals surface area (Å²) in [5, 5.41) is 2.73. The number of rotatable bonds is 5. The molecule has 1 N–H and O–H groups in total. The molecule has 0 aliphatic heterocycles. The number of amides is 1. The van der Waals surface area contributed by atoms with Gasteiger partial charge in [0, 0.05) is 6.54 Å². The fourth-order valence-corrected chi connectivity index (χ4v) is 1.70. The zero-order valence-electron chi connectivity index (χ0n) is 11.9. The maximum absolute atomic E-state index is 11.5. The van der Waals surface area contributed by atoms with E-state index in [-0.39, 0.29) is 12.3 Å². The molecule has 4 heteroatoms. The summed E-state index contributed by atoms with van der Waals surface area (Å²) in [5.74, 6) is -0.392. The van der Waals surface area contributed by atoms with E-state index in [1.165, 1.54) is 12.7 Å². The van der Waals surface area contributed by atoms with Crippen molar-refractivity contribution < 1.29 is 14.3 Å². The molecule has 0 radical (unpaired) electrons. The lowest BCUT2D eigenvalue weighted by molar-refractivity contribution is -0.143. The number of aryl methyl sites for hydroxylation is 1. The number of esters is 1. The predicted octanol–water partition coefficient (Wildman–Crippen LogP) is 2.30. The van der Waals surface area contributed by atoms with Crippen LogP contribution < -0.4 is 5.32 Å². The maximum atomic E-state index is 11.5. The molecule has 0 heterocycles. The van der Waals surface area contributed by atoms with Crippen molar-refractivity contribution in [1.29, 1.82) is 0 Å². The van der Waals surface area contributed by atoms with Gasteiger partial charge in [-0.25, -0.2) is 0 Å². The average molecular weight is 263 g/mol. The Balaban J connectivity index is 2.64. The molecule has 0 bridgehead atoms. The average Bonchev–Trinajstić information content (AvgIpc) is 2.37. The Morgan fingerprint density at radius 3 is 2.58 bits per heavy atom. The number of hydrogen-bond acceptors (Lipinski definition) is 3. The second-order valence-electron chi connectivity index (χ2n) is 4.87. The van der Waals surface area contributed by atoms with E-state index < -0.39 is 5.97 Å². The highest BCUT2D eigenvalue weighted by Crippen LogP contribution is 2.18. The van der Waals surface area contributed by atoms with Gasteiger partial charge < -0.3 is 10.1 Å². The molecule has 0 unspecified atom stereocenters. The van der Waals surface area contributed by atoms with E-state index in [1.807, 2.05) is 6.92 Å². The van der Waals surface area contributed by atoms with Crippen LogP contribution in [0.3, 0.4) is 0 Å². The first-order valence-electron chi connectivity index (χ1n) is 6.37. The van der Waals surface area contributed by atoms with Crippen molar-refractivity contribution in [3.05, 3.63) is 34.9 Å². The Labute approximate surface area is 114 Å². The maximum Gasteiger partial charge on any atom is 0.315 e. The van der Waals surface area contributed by atoms with Gasteiger partial charge in [0.2, 0.25) is 5.91 Å². The molecule has 1 aromatic rings. The van der Waals surface area contributed by atoms with Crippen LogP contribution in [-0.4, -0.2) is 19.0 Å². The fraction of sp³-hybridized carbons (Fsp3) is 0.467. The molecule has 0 saturated carbocycles. The SMILES string of the molecule is COC(=O)CC(=O)NCc1cc(C(C)C)ccc1C. The molecule has 0 spiro atoms. The van der Waals surface area contributed by atoms with Gasteiger partial charge in [0.1, 0.15) is 6.42 Å². The van der Waals surface area contributed by atoms with Crippen molar-refractivity contribution in [3.8, 4) is 0 Å². The summed E-state index contributed by atoms with van der Waals surface area (Å²) in [4.78, 5) is 22.5. The van der Waals surface area contributed by atoms with Gasteiger partial charge in [-0.05, 0) is 29.5 Å². The first kappa shape index (κ1) is 15.2. The van der Waals surface area contributed by atoms with E-state index in [4.69, 9.17) is 0 Å². The van der Waals surface area contributed by atoms with Crippen molar-refractivity contribution in [2.24, 2.45) is 0 Å². The van der Waals surface area contributed by atoms with E-state index in [0.29, 0.717) is 12.5 Å². The molecule has 1 rings (SSSR count). The van der Waals surface area contributed by atoms with Crippen LogP contribution in [0.1, 0.15) is 42.9 Å². The Kier molecular flexibility index (Phi) is 5.55. The summed E-state index contributed by atoms with van der Waals surface area (Å²) < 4.78 is 4.45. The van der Waals surface area contributed by atoms with Gasteiger partial charge in [-0.2, -0.15) is 0 Å². The molecule has 4 nitrogen and oxygen atoms in total. The molecule has 1 amide bonds. The second kappa shape index (κ2) is 6.92. The van der Waals surface area contributed by atoms with Crippen molar-refractivity contribution in [2.75, 3.05) is 7.11 Å². The van der Waals surface area contributed by atoms with Gasteiger partial charge >= 0.3 is 5.97 Å². The van der Waals surface area contributed by atoms with Crippen molar-refractivity contribution >= 4 is 11.9 Å². The van der Waals surface area contributed by atoms with Crippen molar-refractivity contribution in [1.82, 2.24) is 5.32 Å². The van der Waals surface area contributed by atoms with Crippen LogP contribution >= 0.6 is 0 Å². The van der Waals surface area contributed by atoms with Crippen LogP contribution in [0.2, 0.25) is 0 Å². The zero-order valence-corrected chi connectivity index (χ0v) is 11.9. The molecule has 0 atom stereocenters. The Morgan fingerprint density at radius 1 is 1.32 bits per heavy atom. The molecule has 0 aliphatic rings. The minimum absolute atomic E-state index is 0.237. The molecule has 0 aromatic heterocycles. The first-order valence-corrected chi connectivity index (χ1v) is 6.37. The molecule has 104 valence electrons. The number of carbonyl (C=O) groups is 2. The summed E-state index contributed by atoms with van der Waals surface area (Å²) in [7, 11) is 1.27. The third kappa shape index (κ3) is 4.73. The molecular weight excluding hydrogens is 242 g/mol. The van der Waals surface area contributed by atoms with Crippen LogP contribution in [0.5, 0.6) is 0 Å². The quantitative estimate of drug-likeness (QED) is 0.655. The van der Waals surface area contributed by atoms with E-state index >= 15 is 0 Å². The summed E-state index contributed by atoms with van der Waals surface area (Å²) in [6.45, 7) is 6.70. The van der Waals surface area contributed by atoms with E-state index in [1.54, 1.807) is 0 Å². The lowest BCUT2D eigenvalue weighted by Gasteiger charge is -2.12. The lowest BCUT2D eigenvalue weighted by Crippen LogP contribution is -2.26. The first-order chi connectivity index (χ1) is 8.93. The number of methoxy groups -OCH3 is 1. The van der Waals surface area contributed by atoms with Crippen LogP contribution in [0.15, 0.2) is 18.2 Å². The minimum Gasteiger partial charge on any atom is -0.469 e.